The molecule has 10 aliphatic heterocycles. The third kappa shape index (κ3) is 4.91. The summed E-state index contributed by atoms with van der Waals surface area (Å²) >= 11 is 0. The van der Waals surface area contributed by atoms with E-state index in [1.54, 1.807) is 0 Å². The van der Waals surface area contributed by atoms with Gasteiger partial charge in [0.1, 0.15) is 36.3 Å². The van der Waals surface area contributed by atoms with Gasteiger partial charge < -0.3 is 37.9 Å². The molecule has 0 saturated carbocycles. The van der Waals surface area contributed by atoms with E-state index in [0.29, 0.717) is 38.2 Å². The fourth-order valence-electron chi connectivity index (χ4n) is 10.1. The fraction of sp³-hybridized carbons (Fsp3) is 0.857. The summed E-state index contributed by atoms with van der Waals surface area (Å²) < 4.78 is 53.2. The van der Waals surface area contributed by atoms with Gasteiger partial charge in [-0.15, -0.1) is 0 Å². The summed E-state index contributed by atoms with van der Waals surface area (Å²) in [5.74, 6) is 0.0379. The standard InChI is InChI=1S/C35H48O9/c1-17-10-22-4-6-25-18(2)11-24(39-25)15-35-16-29-31(43-35)32-33(42-29)34(44-35)30-26(41-32)7-5-23(40-30)13-21(36)12-20-8-9-37-28(20)14-27(38-22)19(17)3/h17,20,22-34H,2-16H2,1H3. The molecule has 16 unspecified atom stereocenters. The average Bonchev–Trinajstić information content (AvgIpc) is 3.69. The number of ketones is 1. The van der Waals surface area contributed by atoms with Gasteiger partial charge in [-0.3, -0.25) is 4.79 Å². The SMILES string of the molecule is C=C1CC2CC34CC5OC6C(OC7CCC(CC(=O)CC8CCOC8CC8OC(CCC1O2)CC(C)C8=C)OC7C6O3)C5O4. The molecule has 16 atom stereocenters. The van der Waals surface area contributed by atoms with E-state index < -0.39 is 5.79 Å². The Kier molecular flexibility index (Phi) is 7.21. The van der Waals surface area contributed by atoms with E-state index in [4.69, 9.17) is 37.9 Å². The molecule has 0 aliphatic carbocycles. The molecule has 9 nitrogen and oxygen atoms in total. The van der Waals surface area contributed by atoms with Crippen molar-refractivity contribution in [3.63, 3.8) is 0 Å². The maximum Gasteiger partial charge on any atom is 0.174 e. The van der Waals surface area contributed by atoms with Crippen LogP contribution in [0.15, 0.2) is 24.3 Å². The number of rotatable bonds is 0. The van der Waals surface area contributed by atoms with Crippen molar-refractivity contribution >= 4 is 5.78 Å². The second-order valence-corrected chi connectivity index (χ2v) is 15.3. The molecule has 10 aliphatic rings. The number of carbonyl (C=O) groups excluding carboxylic acids is 1. The van der Waals surface area contributed by atoms with Gasteiger partial charge in [-0.2, -0.15) is 0 Å². The summed E-state index contributed by atoms with van der Waals surface area (Å²) in [5.41, 5.74) is 2.30. The van der Waals surface area contributed by atoms with Gasteiger partial charge in [0.15, 0.2) is 5.79 Å². The Morgan fingerprint density at radius 3 is 2.36 bits per heavy atom. The maximum absolute atomic E-state index is 13.5. The van der Waals surface area contributed by atoms with Crippen molar-refractivity contribution in [1.82, 2.24) is 0 Å². The largest absolute Gasteiger partial charge is 0.378 e. The Morgan fingerprint density at radius 1 is 0.659 bits per heavy atom. The predicted molar refractivity (Wildman–Crippen MR) is 157 cm³/mol. The molecule has 0 aromatic heterocycles. The minimum Gasteiger partial charge on any atom is -0.378 e. The lowest BCUT2D eigenvalue weighted by molar-refractivity contribution is -0.296. The molecule has 0 aromatic carbocycles. The van der Waals surface area contributed by atoms with Crippen molar-refractivity contribution in [3.05, 3.63) is 24.3 Å². The zero-order chi connectivity index (χ0) is 29.7. The van der Waals surface area contributed by atoms with E-state index in [1.807, 2.05) is 0 Å². The smallest absolute Gasteiger partial charge is 0.174 e. The fourth-order valence-corrected chi connectivity index (χ4v) is 10.1. The molecule has 10 fully saturated rings. The zero-order valence-electron chi connectivity index (χ0n) is 25.9. The Balaban J connectivity index is 0.996. The van der Waals surface area contributed by atoms with E-state index in [9.17, 15) is 4.79 Å². The first-order valence-corrected chi connectivity index (χ1v) is 17.4. The van der Waals surface area contributed by atoms with Crippen molar-refractivity contribution in [1.29, 1.82) is 0 Å². The number of ether oxygens (including phenoxy) is 8. The second kappa shape index (κ2) is 10.9. The summed E-state index contributed by atoms with van der Waals surface area (Å²) in [7, 11) is 0. The lowest BCUT2D eigenvalue weighted by Crippen LogP contribution is -2.61. The van der Waals surface area contributed by atoms with Crippen LogP contribution in [-0.4, -0.2) is 97.5 Å². The summed E-state index contributed by atoms with van der Waals surface area (Å²) in [6, 6.07) is 0. The van der Waals surface area contributed by atoms with Crippen LogP contribution in [0.2, 0.25) is 0 Å². The minimum absolute atomic E-state index is 0.00355. The van der Waals surface area contributed by atoms with Crippen LogP contribution in [0.1, 0.15) is 84.0 Å². The lowest BCUT2D eigenvalue weighted by Gasteiger charge is -2.47. The van der Waals surface area contributed by atoms with Crippen LogP contribution >= 0.6 is 0 Å². The van der Waals surface area contributed by atoms with Crippen molar-refractivity contribution in [3.8, 4) is 0 Å². The molecule has 242 valence electrons. The van der Waals surface area contributed by atoms with E-state index in [-0.39, 0.29) is 91.1 Å². The molecule has 9 heteroatoms. The first-order chi connectivity index (χ1) is 21.3. The zero-order valence-corrected chi connectivity index (χ0v) is 25.9. The summed E-state index contributed by atoms with van der Waals surface area (Å²) in [6.45, 7) is 11.8. The molecule has 0 N–H and O–H groups in total. The molecule has 10 heterocycles. The molecule has 1 spiro atoms. The topological polar surface area (TPSA) is 90.9 Å². The highest BCUT2D eigenvalue weighted by molar-refractivity contribution is 5.79. The van der Waals surface area contributed by atoms with Gasteiger partial charge in [0, 0.05) is 38.7 Å². The molecule has 12 bridgehead atoms. The maximum atomic E-state index is 13.5. The first kappa shape index (κ1) is 29.0. The van der Waals surface area contributed by atoms with Crippen LogP contribution < -0.4 is 0 Å². The van der Waals surface area contributed by atoms with Gasteiger partial charge in [0.05, 0.1) is 48.8 Å². The Bertz CT molecular complexity index is 1190. The number of hydrogen-bond acceptors (Lipinski definition) is 9. The molecular formula is C35H48O9. The quantitative estimate of drug-likeness (QED) is 0.371. The average molecular weight is 613 g/mol. The third-order valence-electron chi connectivity index (χ3n) is 12.4. The molecular weight excluding hydrogens is 564 g/mol. The van der Waals surface area contributed by atoms with Gasteiger partial charge >= 0.3 is 0 Å². The summed E-state index contributed by atoms with van der Waals surface area (Å²) in [5, 5.41) is 0. The van der Waals surface area contributed by atoms with Crippen molar-refractivity contribution in [2.24, 2.45) is 11.8 Å². The normalized spacial score (nSPS) is 55.3. The highest BCUT2D eigenvalue weighted by atomic mass is 16.8. The molecule has 0 amide bonds. The van der Waals surface area contributed by atoms with E-state index in [2.05, 4.69) is 20.1 Å². The number of hydrogen-bond donors (Lipinski definition) is 0. The van der Waals surface area contributed by atoms with Crippen molar-refractivity contribution in [2.45, 2.75) is 169 Å². The number of Topliss-reactive ketones (excluding diaryl/α,β-unsaturated/α-hetero) is 1. The number of fused-ring (bicyclic) bond motifs is 6. The predicted octanol–water partition coefficient (Wildman–Crippen LogP) is 4.34. The molecule has 10 rings (SSSR count). The van der Waals surface area contributed by atoms with Crippen molar-refractivity contribution in [2.75, 3.05) is 6.61 Å². The molecule has 0 radical (unpaired) electrons. The Labute approximate surface area is 260 Å². The summed E-state index contributed by atoms with van der Waals surface area (Å²) in [6.07, 6.45) is 7.85. The summed E-state index contributed by atoms with van der Waals surface area (Å²) in [4.78, 5) is 13.5. The van der Waals surface area contributed by atoms with Crippen LogP contribution in [-0.2, 0) is 42.7 Å². The van der Waals surface area contributed by atoms with E-state index in [0.717, 1.165) is 62.5 Å². The molecule has 44 heavy (non-hydrogen) atoms. The highest BCUT2D eigenvalue weighted by Crippen LogP contribution is 2.54. The lowest BCUT2D eigenvalue weighted by atomic mass is 9.82. The Morgan fingerprint density at radius 2 is 1.45 bits per heavy atom. The van der Waals surface area contributed by atoms with Crippen LogP contribution in [0.4, 0.5) is 0 Å². The van der Waals surface area contributed by atoms with Crippen LogP contribution in [0.3, 0.4) is 0 Å². The van der Waals surface area contributed by atoms with Crippen LogP contribution in [0, 0.1) is 11.8 Å². The van der Waals surface area contributed by atoms with Crippen molar-refractivity contribution < 1.29 is 42.7 Å². The Hall–Kier alpha value is -1.17. The van der Waals surface area contributed by atoms with Gasteiger partial charge in [-0.05, 0) is 67.9 Å². The van der Waals surface area contributed by atoms with E-state index >= 15 is 0 Å². The van der Waals surface area contributed by atoms with E-state index in [1.165, 1.54) is 0 Å². The van der Waals surface area contributed by atoms with Crippen LogP contribution in [0.25, 0.3) is 0 Å². The van der Waals surface area contributed by atoms with Crippen LogP contribution in [0.5, 0.6) is 0 Å². The third-order valence-corrected chi connectivity index (χ3v) is 12.4. The first-order valence-electron chi connectivity index (χ1n) is 17.4. The van der Waals surface area contributed by atoms with Gasteiger partial charge in [-0.25, -0.2) is 0 Å². The van der Waals surface area contributed by atoms with Gasteiger partial charge in [0.2, 0.25) is 0 Å². The highest BCUT2D eigenvalue weighted by Gasteiger charge is 2.69. The monoisotopic (exact) mass is 612 g/mol. The molecule has 10 saturated heterocycles. The number of carbonyl (C=O) groups is 1. The molecule has 0 aromatic rings. The second-order valence-electron chi connectivity index (χ2n) is 15.3. The van der Waals surface area contributed by atoms with Gasteiger partial charge in [-0.1, -0.05) is 20.1 Å². The van der Waals surface area contributed by atoms with Gasteiger partial charge in [0.25, 0.3) is 0 Å². The minimum atomic E-state index is -0.792.